The number of carbonyl (C=O) groups is 2. The van der Waals surface area contributed by atoms with Crippen LogP contribution in [0.15, 0.2) is 12.3 Å². The summed E-state index contributed by atoms with van der Waals surface area (Å²) in [7, 11) is 0. The lowest BCUT2D eigenvalue weighted by molar-refractivity contribution is -0.138. The van der Waals surface area contributed by atoms with Crippen LogP contribution >= 0.6 is 11.6 Å². The van der Waals surface area contributed by atoms with Crippen molar-refractivity contribution in [2.24, 2.45) is 5.92 Å². The number of alkyl halides is 3. The number of carbonyl (C=O) groups excluding carboxylic acids is 2. The number of hydrogen-bond donors (Lipinski definition) is 0. The van der Waals surface area contributed by atoms with Crippen molar-refractivity contribution >= 4 is 29.4 Å². The van der Waals surface area contributed by atoms with Gasteiger partial charge in [-0.25, -0.2) is 9.78 Å². The highest BCUT2D eigenvalue weighted by Gasteiger charge is 2.35. The van der Waals surface area contributed by atoms with Crippen molar-refractivity contribution in [2.75, 3.05) is 44.2 Å². The summed E-state index contributed by atoms with van der Waals surface area (Å²) in [5.74, 6) is -0.0412. The minimum Gasteiger partial charge on any atom is -0.444 e. The number of rotatable bonds is 2. The lowest BCUT2D eigenvalue weighted by atomic mass is 9.96. The van der Waals surface area contributed by atoms with Gasteiger partial charge in [-0.3, -0.25) is 4.79 Å². The number of amides is 2. The van der Waals surface area contributed by atoms with Gasteiger partial charge < -0.3 is 19.4 Å². The number of ether oxygens (including phenoxy) is 1. The second-order valence-electron chi connectivity index (χ2n) is 9.11. The predicted molar refractivity (Wildman–Crippen MR) is 114 cm³/mol. The first-order valence-electron chi connectivity index (χ1n) is 10.6. The topological polar surface area (TPSA) is 66.0 Å². The molecule has 2 fully saturated rings. The van der Waals surface area contributed by atoms with Crippen LogP contribution in [-0.2, 0) is 15.7 Å². The highest BCUT2D eigenvalue weighted by atomic mass is 35.5. The number of pyridine rings is 1. The zero-order chi connectivity index (χ0) is 23.7. The first-order valence-corrected chi connectivity index (χ1v) is 11.0. The number of aromatic nitrogens is 1. The Balaban J connectivity index is 1.57. The fraction of sp³-hybridized carbons (Fsp3) is 0.667. The number of likely N-dealkylation sites (tertiary alicyclic amines) is 1. The van der Waals surface area contributed by atoms with E-state index in [1.54, 1.807) is 35.5 Å². The van der Waals surface area contributed by atoms with Crippen LogP contribution in [0.2, 0.25) is 5.02 Å². The van der Waals surface area contributed by atoms with Crippen molar-refractivity contribution < 1.29 is 27.5 Å². The smallest absolute Gasteiger partial charge is 0.417 e. The van der Waals surface area contributed by atoms with Crippen LogP contribution < -0.4 is 4.90 Å². The average molecular weight is 477 g/mol. The van der Waals surface area contributed by atoms with Gasteiger partial charge in [0.05, 0.1) is 16.5 Å². The molecule has 7 nitrogen and oxygen atoms in total. The number of nitrogens with zero attached hydrogens (tertiary/aromatic N) is 4. The SMILES string of the molecule is CC(C)(C)OC(=O)N1CCC[C@@H](C(=O)N2CCN(c3ncc(C(F)(F)F)cc3Cl)CC2)C1. The Hall–Kier alpha value is -2.23. The van der Waals surface area contributed by atoms with Crippen LogP contribution in [-0.4, -0.2) is 71.7 Å². The maximum Gasteiger partial charge on any atom is 0.417 e. The van der Waals surface area contributed by atoms with Crippen LogP contribution in [0.4, 0.5) is 23.8 Å². The van der Waals surface area contributed by atoms with Gasteiger partial charge >= 0.3 is 12.3 Å². The molecule has 0 radical (unpaired) electrons. The summed E-state index contributed by atoms with van der Waals surface area (Å²) in [6.45, 7) is 7.91. The molecule has 2 saturated heterocycles. The van der Waals surface area contributed by atoms with E-state index in [9.17, 15) is 22.8 Å². The van der Waals surface area contributed by atoms with Gasteiger partial charge in [-0.1, -0.05) is 11.6 Å². The Labute approximate surface area is 190 Å². The van der Waals surface area contributed by atoms with Gasteiger partial charge in [0, 0.05) is 45.5 Å². The summed E-state index contributed by atoms with van der Waals surface area (Å²) in [5.41, 5.74) is -1.50. The van der Waals surface area contributed by atoms with E-state index in [4.69, 9.17) is 16.3 Å². The largest absolute Gasteiger partial charge is 0.444 e. The van der Waals surface area contributed by atoms with E-state index in [0.29, 0.717) is 45.7 Å². The van der Waals surface area contributed by atoms with E-state index in [1.807, 2.05) is 0 Å². The first kappa shape index (κ1) is 24.4. The molecule has 1 aromatic heterocycles. The molecule has 3 heterocycles. The maximum absolute atomic E-state index is 13.0. The monoisotopic (exact) mass is 476 g/mol. The molecular weight excluding hydrogens is 449 g/mol. The van der Waals surface area contributed by atoms with Gasteiger partial charge in [0.25, 0.3) is 0 Å². The molecular formula is C21H28ClF3N4O3. The second kappa shape index (κ2) is 9.33. The summed E-state index contributed by atoms with van der Waals surface area (Å²) in [6, 6.07) is 0.870. The van der Waals surface area contributed by atoms with Crippen molar-refractivity contribution in [3.8, 4) is 0 Å². The van der Waals surface area contributed by atoms with Crippen molar-refractivity contribution in [1.82, 2.24) is 14.8 Å². The summed E-state index contributed by atoms with van der Waals surface area (Å²) < 4.78 is 43.9. The van der Waals surface area contributed by atoms with Crippen LogP contribution in [0.1, 0.15) is 39.2 Å². The fourth-order valence-electron chi connectivity index (χ4n) is 3.89. The Morgan fingerprint density at radius 2 is 1.75 bits per heavy atom. The van der Waals surface area contributed by atoms with Gasteiger partial charge in [-0.2, -0.15) is 13.2 Å². The van der Waals surface area contributed by atoms with Crippen molar-refractivity contribution in [3.05, 3.63) is 22.8 Å². The molecule has 0 aliphatic carbocycles. The van der Waals surface area contributed by atoms with E-state index < -0.39 is 23.4 Å². The van der Waals surface area contributed by atoms with Crippen molar-refractivity contribution in [1.29, 1.82) is 0 Å². The molecule has 2 aliphatic rings. The molecule has 3 rings (SSSR count). The van der Waals surface area contributed by atoms with Gasteiger partial charge in [0.2, 0.25) is 5.91 Å². The zero-order valence-corrected chi connectivity index (χ0v) is 19.2. The van der Waals surface area contributed by atoms with E-state index in [2.05, 4.69) is 4.98 Å². The molecule has 32 heavy (non-hydrogen) atoms. The first-order chi connectivity index (χ1) is 14.8. The highest BCUT2D eigenvalue weighted by molar-refractivity contribution is 6.33. The third kappa shape index (κ3) is 5.96. The molecule has 178 valence electrons. The minimum atomic E-state index is -4.51. The van der Waals surface area contributed by atoms with E-state index in [-0.39, 0.29) is 22.7 Å². The van der Waals surface area contributed by atoms with Crippen molar-refractivity contribution in [2.45, 2.75) is 45.4 Å². The molecule has 2 amide bonds. The van der Waals surface area contributed by atoms with Crippen LogP contribution in [0.3, 0.4) is 0 Å². The van der Waals surface area contributed by atoms with E-state index in [0.717, 1.165) is 18.7 Å². The molecule has 2 aliphatic heterocycles. The third-order valence-corrected chi connectivity index (χ3v) is 5.74. The van der Waals surface area contributed by atoms with Crippen molar-refractivity contribution in [3.63, 3.8) is 0 Å². The third-order valence-electron chi connectivity index (χ3n) is 5.46. The Kier molecular flexibility index (Phi) is 7.12. The maximum atomic E-state index is 13.0. The highest BCUT2D eigenvalue weighted by Crippen LogP contribution is 2.34. The fourth-order valence-corrected chi connectivity index (χ4v) is 4.17. The normalized spacial score (nSPS) is 20.3. The summed E-state index contributed by atoms with van der Waals surface area (Å²) in [5, 5.41) is -0.0696. The second-order valence-corrected chi connectivity index (χ2v) is 9.51. The number of piperidine rings is 1. The van der Waals surface area contributed by atoms with Gasteiger partial charge in [0.15, 0.2) is 0 Å². The lowest BCUT2D eigenvalue weighted by Gasteiger charge is -2.39. The quantitative estimate of drug-likeness (QED) is 0.644. The molecule has 0 unspecified atom stereocenters. The lowest BCUT2D eigenvalue weighted by Crippen LogP contribution is -2.53. The van der Waals surface area contributed by atoms with Crippen LogP contribution in [0.25, 0.3) is 0 Å². The molecule has 1 atom stereocenters. The van der Waals surface area contributed by atoms with Gasteiger partial charge in [-0.05, 0) is 39.7 Å². The number of hydrogen-bond acceptors (Lipinski definition) is 5. The minimum absolute atomic E-state index is 0.0237. The van der Waals surface area contributed by atoms with E-state index in [1.165, 1.54) is 0 Å². The molecule has 1 aromatic rings. The average Bonchev–Trinajstić information content (AvgIpc) is 2.71. The Morgan fingerprint density at radius 1 is 1.09 bits per heavy atom. The van der Waals surface area contributed by atoms with Crippen LogP contribution in [0, 0.1) is 5.92 Å². The Bertz CT molecular complexity index is 852. The standard InChI is InChI=1S/C21H28ClF3N4O3/c1-20(2,3)32-19(31)29-6-4-5-14(13-29)18(30)28-9-7-27(8-10-28)17-16(22)11-15(12-26-17)21(23,24)25/h11-12,14H,4-10,13H2,1-3H3/t14-/m1/s1. The molecule has 0 saturated carbocycles. The predicted octanol–water partition coefficient (Wildman–Crippen LogP) is 4.05. The van der Waals surface area contributed by atoms with Gasteiger partial charge in [0.1, 0.15) is 11.4 Å². The molecule has 0 spiro atoms. The molecule has 0 N–H and O–H groups in total. The van der Waals surface area contributed by atoms with Gasteiger partial charge in [-0.15, -0.1) is 0 Å². The molecule has 0 bridgehead atoms. The summed E-state index contributed by atoms with van der Waals surface area (Å²) >= 11 is 6.05. The summed E-state index contributed by atoms with van der Waals surface area (Å²) in [4.78, 5) is 34.4. The Morgan fingerprint density at radius 3 is 2.31 bits per heavy atom. The molecule has 0 aromatic carbocycles. The van der Waals surface area contributed by atoms with Crippen LogP contribution in [0.5, 0.6) is 0 Å². The zero-order valence-electron chi connectivity index (χ0n) is 18.4. The summed E-state index contributed by atoms with van der Waals surface area (Å²) in [6.07, 6.45) is -2.73. The number of anilines is 1. The number of piperazine rings is 1. The number of halogens is 4. The van der Waals surface area contributed by atoms with E-state index >= 15 is 0 Å². The molecule has 11 heteroatoms.